The molecule has 0 radical (unpaired) electrons. The number of benzene rings is 1. The molecule has 5 nitrogen and oxygen atoms in total. The molecule has 6 heteroatoms. The van der Waals surface area contributed by atoms with Crippen LogP contribution in [0.2, 0.25) is 0 Å². The summed E-state index contributed by atoms with van der Waals surface area (Å²) in [6, 6.07) is 5.52. The Bertz CT molecular complexity index is 508. The summed E-state index contributed by atoms with van der Waals surface area (Å²) in [5.74, 6) is 5.17. The molecule has 15 heavy (non-hydrogen) atoms. The van der Waals surface area contributed by atoms with E-state index in [-0.39, 0.29) is 5.91 Å². The monoisotopic (exact) mass is 222 g/mol. The third-order valence-electron chi connectivity index (χ3n) is 1.83. The van der Waals surface area contributed by atoms with Crippen molar-refractivity contribution in [1.29, 1.82) is 0 Å². The number of nitrogen functional groups attached to an aromatic ring is 1. The van der Waals surface area contributed by atoms with Gasteiger partial charge in [0.05, 0.1) is 10.2 Å². The predicted octanol–water partition coefficient (Wildman–Crippen LogP) is 1.54. The number of nitrogens with one attached hydrogen (secondary N) is 2. The maximum atomic E-state index is 10.9. The van der Waals surface area contributed by atoms with Crippen LogP contribution in [0.5, 0.6) is 0 Å². The molecule has 4 N–H and O–H groups in total. The number of hydrogen-bond acceptors (Lipinski definition) is 5. The van der Waals surface area contributed by atoms with Gasteiger partial charge in [0.1, 0.15) is 0 Å². The van der Waals surface area contributed by atoms with Crippen molar-refractivity contribution in [2.24, 2.45) is 5.84 Å². The molecule has 0 aliphatic rings. The van der Waals surface area contributed by atoms with Gasteiger partial charge in [-0.3, -0.25) is 10.2 Å². The van der Waals surface area contributed by atoms with E-state index < -0.39 is 0 Å². The lowest BCUT2D eigenvalue weighted by Crippen LogP contribution is -2.05. The summed E-state index contributed by atoms with van der Waals surface area (Å²) in [5, 5.41) is 3.37. The Morgan fingerprint density at radius 1 is 1.53 bits per heavy atom. The van der Waals surface area contributed by atoms with Gasteiger partial charge in [0.15, 0.2) is 5.13 Å². The minimum absolute atomic E-state index is 0.0870. The lowest BCUT2D eigenvalue weighted by atomic mass is 10.3. The quantitative estimate of drug-likeness (QED) is 0.532. The number of hydrogen-bond donors (Lipinski definition) is 3. The fourth-order valence-corrected chi connectivity index (χ4v) is 2.08. The number of anilines is 2. The molecule has 2 rings (SSSR count). The molecule has 0 atom stereocenters. The summed E-state index contributed by atoms with van der Waals surface area (Å²) in [4.78, 5) is 15.1. The third-order valence-corrected chi connectivity index (χ3v) is 2.78. The first-order valence-electron chi connectivity index (χ1n) is 4.34. The van der Waals surface area contributed by atoms with Crippen LogP contribution in [0.3, 0.4) is 0 Å². The van der Waals surface area contributed by atoms with Gasteiger partial charge in [-0.05, 0) is 18.2 Å². The van der Waals surface area contributed by atoms with Crippen LogP contribution in [0.4, 0.5) is 10.8 Å². The number of fused-ring (bicyclic) bond motifs is 1. The number of hydrazine groups is 1. The summed E-state index contributed by atoms with van der Waals surface area (Å²) < 4.78 is 0.981. The zero-order valence-corrected chi connectivity index (χ0v) is 8.89. The van der Waals surface area contributed by atoms with Crippen molar-refractivity contribution in [1.82, 2.24) is 4.98 Å². The molecule has 1 aromatic heterocycles. The largest absolute Gasteiger partial charge is 0.326 e. The normalized spacial score (nSPS) is 10.3. The fourth-order valence-electron chi connectivity index (χ4n) is 1.27. The third kappa shape index (κ3) is 2.05. The first-order chi connectivity index (χ1) is 7.19. The van der Waals surface area contributed by atoms with E-state index in [1.165, 1.54) is 18.3 Å². The van der Waals surface area contributed by atoms with Crippen LogP contribution in [0.1, 0.15) is 6.92 Å². The second kappa shape index (κ2) is 3.84. The van der Waals surface area contributed by atoms with Crippen molar-refractivity contribution in [3.8, 4) is 0 Å². The van der Waals surface area contributed by atoms with Gasteiger partial charge in [0, 0.05) is 12.6 Å². The molecule has 0 fully saturated rings. The van der Waals surface area contributed by atoms with Gasteiger partial charge in [0.2, 0.25) is 5.91 Å². The highest BCUT2D eigenvalue weighted by Crippen LogP contribution is 2.27. The minimum atomic E-state index is -0.0870. The van der Waals surface area contributed by atoms with E-state index in [1.54, 1.807) is 0 Å². The number of aromatic nitrogens is 1. The zero-order chi connectivity index (χ0) is 10.8. The molecule has 78 valence electrons. The molecule has 0 aliphatic carbocycles. The molecule has 0 unspecified atom stereocenters. The maximum Gasteiger partial charge on any atom is 0.221 e. The standard InChI is InChI=1S/C9H10N4OS/c1-5(14)11-6-2-3-7-8(4-6)15-9(12-7)13-10/h2-4H,10H2,1H3,(H,11,14)(H,12,13). The number of amides is 1. The summed E-state index contributed by atoms with van der Waals surface area (Å²) in [6.07, 6.45) is 0. The van der Waals surface area contributed by atoms with Crippen LogP contribution in [-0.4, -0.2) is 10.9 Å². The topological polar surface area (TPSA) is 80.0 Å². The van der Waals surface area contributed by atoms with Gasteiger partial charge >= 0.3 is 0 Å². The van der Waals surface area contributed by atoms with Crippen LogP contribution in [0.25, 0.3) is 10.2 Å². The lowest BCUT2D eigenvalue weighted by molar-refractivity contribution is -0.114. The van der Waals surface area contributed by atoms with Crippen LogP contribution in [0, 0.1) is 0 Å². The molecule has 1 aromatic carbocycles. The first kappa shape index (κ1) is 9.88. The van der Waals surface area contributed by atoms with Crippen molar-refractivity contribution in [2.45, 2.75) is 6.92 Å². The van der Waals surface area contributed by atoms with Crippen LogP contribution < -0.4 is 16.6 Å². The highest BCUT2D eigenvalue weighted by Gasteiger charge is 2.03. The van der Waals surface area contributed by atoms with Crippen LogP contribution in [0.15, 0.2) is 18.2 Å². The lowest BCUT2D eigenvalue weighted by Gasteiger charge is -1.99. The van der Waals surface area contributed by atoms with E-state index in [0.29, 0.717) is 5.13 Å². The summed E-state index contributed by atoms with van der Waals surface area (Å²) in [6.45, 7) is 1.48. The van der Waals surface area contributed by atoms with Crippen molar-refractivity contribution in [3.05, 3.63) is 18.2 Å². The summed E-state index contributed by atoms with van der Waals surface area (Å²) in [5.41, 5.74) is 4.13. The Kier molecular flexibility index (Phi) is 2.53. The van der Waals surface area contributed by atoms with Crippen molar-refractivity contribution >= 4 is 38.3 Å². The Labute approximate surface area is 90.3 Å². The molecule has 0 saturated heterocycles. The Morgan fingerprint density at radius 2 is 2.33 bits per heavy atom. The molecule has 0 aliphatic heterocycles. The van der Waals surface area contributed by atoms with E-state index in [9.17, 15) is 4.79 Å². The Hall–Kier alpha value is -1.66. The number of nitrogens with two attached hydrogens (primary N) is 1. The van der Waals surface area contributed by atoms with Gasteiger partial charge in [-0.15, -0.1) is 0 Å². The van der Waals surface area contributed by atoms with Gasteiger partial charge < -0.3 is 5.32 Å². The Morgan fingerprint density at radius 3 is 3.00 bits per heavy atom. The van der Waals surface area contributed by atoms with E-state index in [4.69, 9.17) is 5.84 Å². The van der Waals surface area contributed by atoms with Crippen molar-refractivity contribution in [2.75, 3.05) is 10.7 Å². The molecule has 1 amide bonds. The van der Waals surface area contributed by atoms with Gasteiger partial charge in [-0.2, -0.15) is 0 Å². The zero-order valence-electron chi connectivity index (χ0n) is 8.07. The molecule has 2 aromatic rings. The molecule has 0 saturated carbocycles. The van der Waals surface area contributed by atoms with E-state index in [1.807, 2.05) is 18.2 Å². The minimum Gasteiger partial charge on any atom is -0.326 e. The van der Waals surface area contributed by atoms with Gasteiger partial charge in [0.25, 0.3) is 0 Å². The second-order valence-electron chi connectivity index (χ2n) is 3.03. The van der Waals surface area contributed by atoms with Gasteiger partial charge in [-0.1, -0.05) is 11.3 Å². The van der Waals surface area contributed by atoms with Crippen molar-refractivity contribution in [3.63, 3.8) is 0 Å². The highest BCUT2D eigenvalue weighted by molar-refractivity contribution is 7.22. The summed E-state index contributed by atoms with van der Waals surface area (Å²) >= 11 is 1.44. The fraction of sp³-hybridized carbons (Fsp3) is 0.111. The first-order valence-corrected chi connectivity index (χ1v) is 5.15. The molecule has 0 spiro atoms. The van der Waals surface area contributed by atoms with Crippen LogP contribution >= 0.6 is 11.3 Å². The average Bonchev–Trinajstić information content (AvgIpc) is 2.58. The molecular formula is C9H10N4OS. The van der Waals surface area contributed by atoms with Crippen LogP contribution in [-0.2, 0) is 4.79 Å². The number of nitrogens with zero attached hydrogens (tertiary/aromatic N) is 1. The van der Waals surface area contributed by atoms with E-state index in [2.05, 4.69) is 15.7 Å². The average molecular weight is 222 g/mol. The second-order valence-corrected chi connectivity index (χ2v) is 4.06. The summed E-state index contributed by atoms with van der Waals surface area (Å²) in [7, 11) is 0. The number of thiazole rings is 1. The van der Waals surface area contributed by atoms with Crippen molar-refractivity contribution < 1.29 is 4.79 Å². The van der Waals surface area contributed by atoms with E-state index in [0.717, 1.165) is 15.9 Å². The predicted molar refractivity (Wildman–Crippen MR) is 61.7 cm³/mol. The smallest absolute Gasteiger partial charge is 0.221 e. The molecular weight excluding hydrogens is 212 g/mol. The number of rotatable bonds is 2. The Balaban J connectivity index is 2.41. The molecule has 0 bridgehead atoms. The highest BCUT2D eigenvalue weighted by atomic mass is 32.1. The SMILES string of the molecule is CC(=O)Nc1ccc2nc(NN)sc2c1. The number of carbonyl (C=O) groups excluding carboxylic acids is 1. The maximum absolute atomic E-state index is 10.9. The van der Waals surface area contributed by atoms with E-state index >= 15 is 0 Å². The van der Waals surface area contributed by atoms with Gasteiger partial charge in [-0.25, -0.2) is 10.8 Å². The molecule has 1 heterocycles. The number of carbonyl (C=O) groups is 1.